The number of methoxy groups -OCH3 is 1. The maximum atomic E-state index is 13.6. The highest BCUT2D eigenvalue weighted by Gasteiger charge is 2.90. The summed E-state index contributed by atoms with van der Waals surface area (Å²) >= 11 is 0. The number of alkyl halides is 13. The normalized spacial score (nSPS) is 14.6. The monoisotopic (exact) mass is 555 g/mol. The summed E-state index contributed by atoms with van der Waals surface area (Å²) in [6.45, 7) is 0. The summed E-state index contributed by atoms with van der Waals surface area (Å²) in [6.07, 6.45) is -13.5. The van der Waals surface area contributed by atoms with E-state index in [1.165, 1.54) is 0 Å². The standard InChI is InChI=1S/C14H14F13NO5S/c1-33-8(30)3-2-6-34(31,32)28-7(29)4-5-9(15,16)10(17,18)11(19,20)12(21,22)13(23,24)14(25,26)27/h2-6H2,1H3,(H,28,29). The summed E-state index contributed by atoms with van der Waals surface area (Å²) in [5.41, 5.74) is 0. The molecule has 34 heavy (non-hydrogen) atoms. The molecule has 0 saturated heterocycles. The van der Waals surface area contributed by atoms with Gasteiger partial charge in [-0.1, -0.05) is 0 Å². The van der Waals surface area contributed by atoms with Crippen LogP contribution in [0.1, 0.15) is 25.7 Å². The van der Waals surface area contributed by atoms with Gasteiger partial charge < -0.3 is 4.74 Å². The fraction of sp³-hybridized carbons (Fsp3) is 0.857. The van der Waals surface area contributed by atoms with Crippen molar-refractivity contribution in [2.75, 3.05) is 12.9 Å². The van der Waals surface area contributed by atoms with Crippen molar-refractivity contribution < 1.29 is 79.8 Å². The Labute approximate surface area is 181 Å². The van der Waals surface area contributed by atoms with Crippen LogP contribution in [-0.2, 0) is 24.3 Å². The van der Waals surface area contributed by atoms with Crippen LogP contribution in [-0.4, -0.2) is 68.9 Å². The van der Waals surface area contributed by atoms with Gasteiger partial charge in [-0.05, 0) is 6.42 Å². The lowest BCUT2D eigenvalue weighted by Gasteiger charge is -2.39. The van der Waals surface area contributed by atoms with Crippen molar-refractivity contribution in [3.63, 3.8) is 0 Å². The van der Waals surface area contributed by atoms with Crippen molar-refractivity contribution in [3.8, 4) is 0 Å². The molecule has 0 fully saturated rings. The van der Waals surface area contributed by atoms with Crippen LogP contribution in [0.3, 0.4) is 0 Å². The highest BCUT2D eigenvalue weighted by Crippen LogP contribution is 2.60. The average molecular weight is 555 g/mol. The fourth-order valence-corrected chi connectivity index (χ4v) is 3.09. The quantitative estimate of drug-likeness (QED) is 0.292. The van der Waals surface area contributed by atoms with Crippen LogP contribution in [0.25, 0.3) is 0 Å². The summed E-state index contributed by atoms with van der Waals surface area (Å²) in [6, 6.07) is 0. The first kappa shape index (κ1) is 32.0. The van der Waals surface area contributed by atoms with Crippen LogP contribution in [0, 0.1) is 0 Å². The third-order valence-corrected chi connectivity index (χ3v) is 5.32. The molecular formula is C14H14F13NO5S. The lowest BCUT2D eigenvalue weighted by Crippen LogP contribution is -2.70. The zero-order valence-electron chi connectivity index (χ0n) is 16.4. The molecule has 202 valence electrons. The number of esters is 1. The van der Waals surface area contributed by atoms with E-state index in [1.807, 2.05) is 0 Å². The fourth-order valence-electron chi connectivity index (χ4n) is 2.01. The number of carbonyl (C=O) groups excluding carboxylic acids is 2. The zero-order valence-corrected chi connectivity index (χ0v) is 17.2. The Balaban J connectivity index is 5.53. The Kier molecular flexibility index (Phi) is 9.33. The number of nitrogens with one attached hydrogen (secondary N) is 1. The number of ether oxygens (including phenoxy) is 1. The molecule has 0 aromatic rings. The maximum Gasteiger partial charge on any atom is 0.460 e. The first-order valence-electron chi connectivity index (χ1n) is 8.36. The van der Waals surface area contributed by atoms with Crippen molar-refractivity contribution in [2.24, 2.45) is 0 Å². The molecule has 1 N–H and O–H groups in total. The molecular weight excluding hydrogens is 541 g/mol. The number of halogens is 13. The van der Waals surface area contributed by atoms with Crippen LogP contribution >= 0.6 is 0 Å². The number of rotatable bonds is 12. The van der Waals surface area contributed by atoms with E-state index in [2.05, 4.69) is 4.74 Å². The molecule has 0 unspecified atom stereocenters. The smallest absolute Gasteiger partial charge is 0.460 e. The van der Waals surface area contributed by atoms with Gasteiger partial charge in [-0.2, -0.15) is 57.1 Å². The highest BCUT2D eigenvalue weighted by atomic mass is 32.2. The van der Waals surface area contributed by atoms with Gasteiger partial charge in [0, 0.05) is 19.3 Å². The Hall–Kier alpha value is -2.02. The van der Waals surface area contributed by atoms with Crippen LogP contribution in [0.2, 0.25) is 0 Å². The number of amides is 1. The molecule has 0 aromatic carbocycles. The predicted octanol–water partition coefficient (Wildman–Crippen LogP) is 3.90. The van der Waals surface area contributed by atoms with Gasteiger partial charge in [-0.15, -0.1) is 0 Å². The predicted molar refractivity (Wildman–Crippen MR) is 83.2 cm³/mol. The van der Waals surface area contributed by atoms with Gasteiger partial charge in [0.15, 0.2) is 0 Å². The van der Waals surface area contributed by atoms with Gasteiger partial charge in [0.25, 0.3) is 0 Å². The van der Waals surface area contributed by atoms with Gasteiger partial charge in [-0.3, -0.25) is 14.3 Å². The van der Waals surface area contributed by atoms with E-state index in [0.717, 1.165) is 11.8 Å². The van der Waals surface area contributed by atoms with Crippen molar-refractivity contribution >= 4 is 21.9 Å². The largest absolute Gasteiger partial charge is 0.469 e. The van der Waals surface area contributed by atoms with E-state index in [9.17, 15) is 75.1 Å². The number of carbonyl (C=O) groups is 2. The lowest BCUT2D eigenvalue weighted by molar-refractivity contribution is -0.440. The molecule has 0 aliphatic rings. The number of sulfonamides is 1. The molecule has 0 aromatic heterocycles. The van der Waals surface area contributed by atoms with E-state index in [0.29, 0.717) is 0 Å². The average Bonchev–Trinajstić information content (AvgIpc) is 2.64. The minimum atomic E-state index is -8.07. The molecule has 0 bridgehead atoms. The van der Waals surface area contributed by atoms with Crippen LogP contribution in [0.5, 0.6) is 0 Å². The molecule has 6 nitrogen and oxygen atoms in total. The van der Waals surface area contributed by atoms with Crippen LogP contribution in [0.15, 0.2) is 0 Å². The van der Waals surface area contributed by atoms with E-state index in [1.54, 1.807) is 0 Å². The zero-order chi connectivity index (χ0) is 27.6. The number of hydrogen-bond acceptors (Lipinski definition) is 5. The van der Waals surface area contributed by atoms with Gasteiger partial charge in [0.1, 0.15) is 0 Å². The minimum Gasteiger partial charge on any atom is -0.469 e. The molecule has 0 aliphatic carbocycles. The third-order valence-electron chi connectivity index (χ3n) is 3.96. The van der Waals surface area contributed by atoms with E-state index in [-0.39, 0.29) is 0 Å². The Morgan fingerprint density at radius 2 is 1.18 bits per heavy atom. The molecule has 0 saturated carbocycles. The molecule has 0 aliphatic heterocycles. The van der Waals surface area contributed by atoms with Crippen molar-refractivity contribution in [3.05, 3.63) is 0 Å². The summed E-state index contributed by atoms with van der Waals surface area (Å²) in [5.74, 6) is -42.0. The lowest BCUT2D eigenvalue weighted by atomic mass is 9.92. The van der Waals surface area contributed by atoms with Crippen molar-refractivity contribution in [1.82, 2.24) is 4.72 Å². The second-order valence-electron chi connectivity index (χ2n) is 6.52. The molecule has 20 heteroatoms. The Morgan fingerprint density at radius 1 is 0.735 bits per heavy atom. The minimum absolute atomic E-state index is 0.502. The first-order valence-corrected chi connectivity index (χ1v) is 10.0. The summed E-state index contributed by atoms with van der Waals surface area (Å²) in [7, 11) is -3.78. The summed E-state index contributed by atoms with van der Waals surface area (Å²) < 4.78 is 196. The topological polar surface area (TPSA) is 89.5 Å². The Bertz CT molecular complexity index is 855. The highest BCUT2D eigenvalue weighted by molar-refractivity contribution is 7.90. The van der Waals surface area contributed by atoms with Gasteiger partial charge in [0.2, 0.25) is 15.9 Å². The van der Waals surface area contributed by atoms with E-state index < -0.39 is 89.1 Å². The summed E-state index contributed by atoms with van der Waals surface area (Å²) in [4.78, 5) is 22.2. The molecule has 0 spiro atoms. The van der Waals surface area contributed by atoms with Crippen LogP contribution in [0.4, 0.5) is 57.1 Å². The second kappa shape index (κ2) is 9.92. The maximum absolute atomic E-state index is 13.6. The Morgan fingerprint density at radius 3 is 1.59 bits per heavy atom. The summed E-state index contributed by atoms with van der Waals surface area (Å²) in [5, 5.41) is 0. The van der Waals surface area contributed by atoms with Crippen LogP contribution < -0.4 is 4.72 Å². The molecule has 0 rings (SSSR count). The van der Waals surface area contributed by atoms with Gasteiger partial charge in [0.05, 0.1) is 12.9 Å². The SMILES string of the molecule is COC(=O)CCCS(=O)(=O)NC(=O)CCC(F)(F)C(F)(F)C(F)(F)C(F)(F)C(F)(F)C(F)(F)F. The number of hydrogen-bond donors (Lipinski definition) is 1. The van der Waals surface area contributed by atoms with E-state index >= 15 is 0 Å². The van der Waals surface area contributed by atoms with Gasteiger partial charge in [-0.25, -0.2) is 8.42 Å². The molecule has 0 radical (unpaired) electrons. The van der Waals surface area contributed by atoms with E-state index in [4.69, 9.17) is 0 Å². The van der Waals surface area contributed by atoms with Gasteiger partial charge >= 0.3 is 41.8 Å². The molecule has 1 amide bonds. The molecule has 0 heterocycles. The second-order valence-corrected chi connectivity index (χ2v) is 8.37. The third kappa shape index (κ3) is 6.35. The van der Waals surface area contributed by atoms with Crippen molar-refractivity contribution in [2.45, 2.75) is 61.5 Å². The first-order chi connectivity index (χ1) is 14.8. The molecule has 0 atom stereocenters. The van der Waals surface area contributed by atoms with Crippen molar-refractivity contribution in [1.29, 1.82) is 0 Å².